The maximum absolute atomic E-state index is 10.9. The van der Waals surface area contributed by atoms with E-state index in [4.69, 9.17) is 5.26 Å². The largest absolute Gasteiger partial charge is 0.388 e. The molecule has 1 aromatic carbocycles. The van der Waals surface area contributed by atoms with Crippen molar-refractivity contribution in [1.29, 1.82) is 5.26 Å². The Balaban J connectivity index is 2.34. The zero-order chi connectivity index (χ0) is 13.3. The van der Waals surface area contributed by atoms with Gasteiger partial charge in [0, 0.05) is 24.8 Å². The Labute approximate surface area is 104 Å². The first kappa shape index (κ1) is 12.3. The fourth-order valence-electron chi connectivity index (χ4n) is 2.13. The van der Waals surface area contributed by atoms with Crippen LogP contribution in [0.1, 0.15) is 18.9 Å². The fourth-order valence-corrected chi connectivity index (χ4v) is 2.13. The quantitative estimate of drug-likeness (QED) is 0.630. The maximum Gasteiger partial charge on any atom is 0.289 e. The summed E-state index contributed by atoms with van der Waals surface area (Å²) >= 11 is 0. The molecule has 0 bridgehead atoms. The number of hydrogen-bond donors (Lipinski definition) is 1. The second-order valence-corrected chi connectivity index (χ2v) is 4.74. The predicted octanol–water partition coefficient (Wildman–Crippen LogP) is 1.43. The third-order valence-corrected chi connectivity index (χ3v) is 3.12. The Morgan fingerprint density at radius 3 is 2.83 bits per heavy atom. The number of nitrogens with zero attached hydrogens (tertiary/aromatic N) is 3. The molecule has 6 heteroatoms. The van der Waals surface area contributed by atoms with Crippen molar-refractivity contribution in [2.75, 3.05) is 18.0 Å². The highest BCUT2D eigenvalue weighted by atomic mass is 16.6. The van der Waals surface area contributed by atoms with Gasteiger partial charge in [-0.05, 0) is 25.5 Å². The van der Waals surface area contributed by atoms with Gasteiger partial charge in [0.15, 0.2) is 0 Å². The Morgan fingerprint density at radius 1 is 1.61 bits per heavy atom. The molecule has 94 valence electrons. The van der Waals surface area contributed by atoms with Crippen molar-refractivity contribution in [2.45, 2.75) is 18.9 Å². The van der Waals surface area contributed by atoms with E-state index in [1.165, 1.54) is 12.1 Å². The topological polar surface area (TPSA) is 90.4 Å². The summed E-state index contributed by atoms with van der Waals surface area (Å²) in [5, 5.41) is 29.5. The SMILES string of the molecule is CC1(O)CCN(c2ccc(C#N)c([N+](=O)[O-])c2)C1. The Bertz CT molecular complexity index is 534. The van der Waals surface area contributed by atoms with Gasteiger partial charge in [-0.25, -0.2) is 0 Å². The van der Waals surface area contributed by atoms with Crippen molar-refractivity contribution in [3.63, 3.8) is 0 Å². The third-order valence-electron chi connectivity index (χ3n) is 3.12. The smallest absolute Gasteiger partial charge is 0.289 e. The summed E-state index contributed by atoms with van der Waals surface area (Å²) in [6, 6.07) is 6.31. The van der Waals surface area contributed by atoms with Crippen LogP contribution in [0.4, 0.5) is 11.4 Å². The van der Waals surface area contributed by atoms with Gasteiger partial charge in [-0.2, -0.15) is 5.26 Å². The summed E-state index contributed by atoms with van der Waals surface area (Å²) < 4.78 is 0. The van der Waals surface area contributed by atoms with E-state index >= 15 is 0 Å². The first-order valence-corrected chi connectivity index (χ1v) is 5.59. The number of nitro groups is 1. The number of anilines is 1. The van der Waals surface area contributed by atoms with E-state index in [1.54, 1.807) is 19.1 Å². The lowest BCUT2D eigenvalue weighted by Crippen LogP contribution is -2.29. The number of benzene rings is 1. The Hall–Kier alpha value is -2.13. The van der Waals surface area contributed by atoms with E-state index < -0.39 is 10.5 Å². The highest BCUT2D eigenvalue weighted by molar-refractivity contribution is 5.60. The molecule has 0 spiro atoms. The lowest BCUT2D eigenvalue weighted by atomic mass is 10.1. The predicted molar refractivity (Wildman–Crippen MR) is 65.3 cm³/mol. The lowest BCUT2D eigenvalue weighted by Gasteiger charge is -2.20. The van der Waals surface area contributed by atoms with Crippen LogP contribution >= 0.6 is 0 Å². The average Bonchev–Trinajstić information content (AvgIpc) is 2.68. The van der Waals surface area contributed by atoms with E-state index in [1.807, 2.05) is 4.90 Å². The minimum atomic E-state index is -0.761. The number of β-amino-alcohol motifs (C(OH)–C–C–N with tert-alkyl or cyclic N) is 1. The summed E-state index contributed by atoms with van der Waals surface area (Å²) in [4.78, 5) is 12.2. The van der Waals surface area contributed by atoms with Gasteiger partial charge in [0.1, 0.15) is 11.6 Å². The number of hydrogen-bond acceptors (Lipinski definition) is 5. The fraction of sp³-hybridized carbons (Fsp3) is 0.417. The molecule has 0 amide bonds. The third kappa shape index (κ3) is 2.26. The van der Waals surface area contributed by atoms with Crippen LogP contribution in [0.2, 0.25) is 0 Å². The number of nitriles is 1. The molecule has 1 N–H and O–H groups in total. The summed E-state index contributed by atoms with van der Waals surface area (Å²) in [6.07, 6.45) is 0.626. The zero-order valence-electron chi connectivity index (χ0n) is 9.96. The molecule has 1 fully saturated rings. The van der Waals surface area contributed by atoms with Crippen LogP contribution in [-0.4, -0.2) is 28.7 Å². The summed E-state index contributed by atoms with van der Waals surface area (Å²) in [6.45, 7) is 2.83. The van der Waals surface area contributed by atoms with Crippen molar-refractivity contribution in [3.8, 4) is 6.07 Å². The maximum atomic E-state index is 10.9. The second-order valence-electron chi connectivity index (χ2n) is 4.74. The average molecular weight is 247 g/mol. The van der Waals surface area contributed by atoms with E-state index in [2.05, 4.69) is 0 Å². The molecule has 1 aromatic rings. The van der Waals surface area contributed by atoms with Crippen LogP contribution in [0.3, 0.4) is 0 Å². The Morgan fingerprint density at radius 2 is 2.33 bits per heavy atom. The molecule has 0 saturated carbocycles. The molecule has 2 rings (SSSR count). The molecule has 1 aliphatic rings. The van der Waals surface area contributed by atoms with Crippen LogP contribution in [-0.2, 0) is 0 Å². The molecule has 0 aromatic heterocycles. The van der Waals surface area contributed by atoms with Crippen molar-refractivity contribution in [1.82, 2.24) is 0 Å². The van der Waals surface area contributed by atoms with E-state index in [0.29, 0.717) is 25.2 Å². The van der Waals surface area contributed by atoms with Gasteiger partial charge in [-0.15, -0.1) is 0 Å². The molecular weight excluding hydrogens is 234 g/mol. The first-order chi connectivity index (χ1) is 8.43. The summed E-state index contributed by atoms with van der Waals surface area (Å²) in [5.41, 5.74) is -0.238. The van der Waals surface area contributed by atoms with Gasteiger partial charge in [-0.3, -0.25) is 10.1 Å². The highest BCUT2D eigenvalue weighted by Gasteiger charge is 2.32. The number of aliphatic hydroxyl groups is 1. The van der Waals surface area contributed by atoms with Gasteiger partial charge >= 0.3 is 0 Å². The van der Waals surface area contributed by atoms with Crippen molar-refractivity contribution in [3.05, 3.63) is 33.9 Å². The molecule has 1 saturated heterocycles. The minimum absolute atomic E-state index is 0.0507. The molecule has 0 aliphatic carbocycles. The van der Waals surface area contributed by atoms with Crippen LogP contribution in [0.15, 0.2) is 18.2 Å². The monoisotopic (exact) mass is 247 g/mol. The van der Waals surface area contributed by atoms with Crippen LogP contribution in [0, 0.1) is 21.4 Å². The normalized spacial score (nSPS) is 22.8. The van der Waals surface area contributed by atoms with E-state index in [-0.39, 0.29) is 11.3 Å². The Kier molecular flexibility index (Phi) is 2.93. The van der Waals surface area contributed by atoms with Crippen LogP contribution < -0.4 is 4.90 Å². The van der Waals surface area contributed by atoms with Crippen molar-refractivity contribution in [2.24, 2.45) is 0 Å². The number of rotatable bonds is 2. The van der Waals surface area contributed by atoms with Gasteiger partial charge in [0.2, 0.25) is 0 Å². The van der Waals surface area contributed by atoms with Crippen molar-refractivity contribution < 1.29 is 10.0 Å². The molecule has 6 nitrogen and oxygen atoms in total. The van der Waals surface area contributed by atoms with Gasteiger partial charge in [-0.1, -0.05) is 0 Å². The molecule has 1 unspecified atom stereocenters. The van der Waals surface area contributed by atoms with Crippen LogP contribution in [0.25, 0.3) is 0 Å². The molecule has 18 heavy (non-hydrogen) atoms. The second kappa shape index (κ2) is 4.27. The molecule has 1 heterocycles. The first-order valence-electron chi connectivity index (χ1n) is 5.59. The lowest BCUT2D eigenvalue weighted by molar-refractivity contribution is -0.385. The van der Waals surface area contributed by atoms with Gasteiger partial charge < -0.3 is 10.0 Å². The van der Waals surface area contributed by atoms with E-state index in [0.717, 1.165) is 0 Å². The minimum Gasteiger partial charge on any atom is -0.388 e. The van der Waals surface area contributed by atoms with Crippen LogP contribution in [0.5, 0.6) is 0 Å². The molecule has 1 atom stereocenters. The highest BCUT2D eigenvalue weighted by Crippen LogP contribution is 2.30. The zero-order valence-corrected chi connectivity index (χ0v) is 9.96. The molecule has 1 aliphatic heterocycles. The van der Waals surface area contributed by atoms with Crippen molar-refractivity contribution >= 4 is 11.4 Å². The van der Waals surface area contributed by atoms with E-state index in [9.17, 15) is 15.2 Å². The standard InChI is InChI=1S/C12H13N3O3/c1-12(16)4-5-14(8-12)10-3-2-9(7-13)11(6-10)15(17)18/h2-3,6,16H,4-5,8H2,1H3. The summed E-state index contributed by atoms with van der Waals surface area (Å²) in [7, 11) is 0. The molecular formula is C12H13N3O3. The summed E-state index contributed by atoms with van der Waals surface area (Å²) in [5.74, 6) is 0. The number of nitro benzene ring substituents is 1. The van der Waals surface area contributed by atoms with Gasteiger partial charge in [0.05, 0.1) is 10.5 Å². The van der Waals surface area contributed by atoms with Gasteiger partial charge in [0.25, 0.3) is 5.69 Å². The molecule has 0 radical (unpaired) electrons.